The number of amides is 1. The van der Waals surface area contributed by atoms with Gasteiger partial charge >= 0.3 is 5.76 Å². The average Bonchev–Trinajstić information content (AvgIpc) is 3.46. The summed E-state index contributed by atoms with van der Waals surface area (Å²) in [4.78, 5) is 45.8. The van der Waals surface area contributed by atoms with Gasteiger partial charge in [-0.3, -0.25) is 14.6 Å². The molecule has 1 amide bonds. The first-order chi connectivity index (χ1) is 16.3. The van der Waals surface area contributed by atoms with Crippen molar-refractivity contribution in [1.82, 2.24) is 9.97 Å². The van der Waals surface area contributed by atoms with Gasteiger partial charge in [-0.2, -0.15) is 0 Å². The molecule has 178 valence electrons. The molecule has 2 N–H and O–H groups in total. The minimum atomic E-state index is -0.408. The van der Waals surface area contributed by atoms with Gasteiger partial charge in [-0.25, -0.2) is 9.78 Å². The van der Waals surface area contributed by atoms with E-state index in [0.29, 0.717) is 47.1 Å². The second-order valence-electron chi connectivity index (χ2n) is 10.6. The lowest BCUT2D eigenvalue weighted by Crippen LogP contribution is -2.44. The van der Waals surface area contributed by atoms with E-state index in [1.165, 1.54) is 22.5 Å². The number of nitrogens with one attached hydrogen (secondary N) is 2. The topological polar surface area (TPSA) is 105 Å². The SMILES string of the molecule is Cc1cnc(NC(=O)CC[C@@H]2CC(=O)[C@@]3(C)CCC4c5ccc6oc(=O)[nH]c6c5CCC4C23)s1. The number of anilines is 1. The molecular weight excluding hydrogens is 450 g/mol. The number of H-pyrrole nitrogens is 1. The molecule has 0 saturated heterocycles. The van der Waals surface area contributed by atoms with Gasteiger partial charge in [0.15, 0.2) is 10.7 Å². The number of hydrogen-bond donors (Lipinski definition) is 2. The zero-order chi connectivity index (χ0) is 23.6. The number of aromatic amines is 1. The lowest BCUT2D eigenvalue weighted by atomic mass is 9.54. The molecule has 0 radical (unpaired) electrons. The molecular formula is C26H29N3O4S. The normalized spacial score (nSPS) is 30.1. The number of carbonyl (C=O) groups excluding carboxylic acids is 2. The van der Waals surface area contributed by atoms with Gasteiger partial charge in [-0.1, -0.05) is 13.0 Å². The Kier molecular flexibility index (Phi) is 5.06. The quantitative estimate of drug-likeness (QED) is 0.550. The van der Waals surface area contributed by atoms with Gasteiger partial charge < -0.3 is 9.73 Å². The number of aromatic nitrogens is 2. The summed E-state index contributed by atoms with van der Waals surface area (Å²) in [6.07, 6.45) is 7.23. The van der Waals surface area contributed by atoms with Crippen molar-refractivity contribution in [3.63, 3.8) is 0 Å². The fourth-order valence-corrected chi connectivity index (χ4v) is 8.01. The predicted octanol–water partition coefficient (Wildman–Crippen LogP) is 4.96. The molecule has 1 aromatic carbocycles. The van der Waals surface area contributed by atoms with Gasteiger partial charge in [-0.05, 0) is 79.9 Å². The third-order valence-electron chi connectivity index (χ3n) is 8.76. The number of aryl methyl sites for hydroxylation is 2. The van der Waals surface area contributed by atoms with E-state index in [2.05, 4.69) is 28.3 Å². The van der Waals surface area contributed by atoms with Crippen LogP contribution < -0.4 is 11.1 Å². The molecule has 2 fully saturated rings. The summed E-state index contributed by atoms with van der Waals surface area (Å²) in [5, 5.41) is 3.55. The number of thiazole rings is 1. The van der Waals surface area contributed by atoms with E-state index >= 15 is 0 Å². The average molecular weight is 480 g/mol. The Morgan fingerprint density at radius 2 is 2.18 bits per heavy atom. The molecule has 3 aliphatic rings. The van der Waals surface area contributed by atoms with E-state index in [1.54, 1.807) is 6.20 Å². The van der Waals surface area contributed by atoms with Crippen LogP contribution in [0.1, 0.15) is 67.4 Å². The van der Waals surface area contributed by atoms with Crippen LogP contribution >= 0.6 is 11.3 Å². The highest BCUT2D eigenvalue weighted by Gasteiger charge is 2.58. The van der Waals surface area contributed by atoms with E-state index in [0.717, 1.165) is 42.5 Å². The van der Waals surface area contributed by atoms with Crippen molar-refractivity contribution in [3.05, 3.63) is 44.9 Å². The highest BCUT2D eigenvalue weighted by Crippen LogP contribution is 2.62. The molecule has 0 spiro atoms. The molecule has 3 aliphatic carbocycles. The fourth-order valence-electron chi connectivity index (χ4n) is 7.33. The van der Waals surface area contributed by atoms with Crippen LogP contribution in [0.3, 0.4) is 0 Å². The van der Waals surface area contributed by atoms with Crippen LogP contribution in [0.5, 0.6) is 0 Å². The Balaban J connectivity index is 1.25. The first-order valence-electron chi connectivity index (χ1n) is 12.2. The van der Waals surface area contributed by atoms with E-state index in [-0.39, 0.29) is 17.2 Å². The molecule has 34 heavy (non-hydrogen) atoms. The molecule has 3 aromatic rings. The Hall–Kier alpha value is -2.74. The van der Waals surface area contributed by atoms with Gasteiger partial charge in [0.1, 0.15) is 5.78 Å². The fraction of sp³-hybridized carbons (Fsp3) is 0.538. The smallest absolute Gasteiger partial charge is 0.408 e. The minimum absolute atomic E-state index is 0.0249. The highest BCUT2D eigenvalue weighted by molar-refractivity contribution is 7.15. The highest BCUT2D eigenvalue weighted by atomic mass is 32.1. The van der Waals surface area contributed by atoms with Crippen molar-refractivity contribution in [2.24, 2.45) is 23.2 Å². The molecule has 2 aromatic heterocycles. The Bertz CT molecular complexity index is 1350. The summed E-state index contributed by atoms with van der Waals surface area (Å²) in [6, 6.07) is 4.04. The Labute approximate surface area is 201 Å². The van der Waals surface area contributed by atoms with Crippen LogP contribution in [0.2, 0.25) is 0 Å². The summed E-state index contributed by atoms with van der Waals surface area (Å²) >= 11 is 1.48. The maximum absolute atomic E-state index is 13.2. The number of nitrogens with zero attached hydrogens (tertiary/aromatic N) is 1. The van der Waals surface area contributed by atoms with Crippen molar-refractivity contribution >= 4 is 39.3 Å². The lowest BCUT2D eigenvalue weighted by molar-refractivity contribution is -0.129. The summed E-state index contributed by atoms with van der Waals surface area (Å²) in [6.45, 7) is 4.14. The second-order valence-corrected chi connectivity index (χ2v) is 11.8. The molecule has 7 nitrogen and oxygen atoms in total. The minimum Gasteiger partial charge on any atom is -0.408 e. The van der Waals surface area contributed by atoms with Gasteiger partial charge in [0, 0.05) is 29.3 Å². The van der Waals surface area contributed by atoms with Crippen molar-refractivity contribution < 1.29 is 14.0 Å². The van der Waals surface area contributed by atoms with Crippen molar-refractivity contribution in [1.29, 1.82) is 0 Å². The maximum Gasteiger partial charge on any atom is 0.417 e. The van der Waals surface area contributed by atoms with Crippen LogP contribution in [0, 0.1) is 30.1 Å². The third kappa shape index (κ3) is 3.37. The van der Waals surface area contributed by atoms with Gasteiger partial charge in [0.25, 0.3) is 0 Å². The zero-order valence-electron chi connectivity index (χ0n) is 19.5. The summed E-state index contributed by atoms with van der Waals surface area (Å²) in [5.74, 6) is 1.26. The number of fused-ring (bicyclic) bond motifs is 7. The van der Waals surface area contributed by atoms with Crippen molar-refractivity contribution in [2.45, 2.75) is 64.7 Å². The van der Waals surface area contributed by atoms with Crippen molar-refractivity contribution in [2.75, 3.05) is 5.32 Å². The summed E-state index contributed by atoms with van der Waals surface area (Å²) in [5.41, 5.74) is 3.67. The van der Waals surface area contributed by atoms with Crippen LogP contribution in [0.4, 0.5) is 5.13 Å². The van der Waals surface area contributed by atoms with Gasteiger partial charge in [-0.15, -0.1) is 11.3 Å². The number of carbonyl (C=O) groups is 2. The number of ketones is 1. The molecule has 8 heteroatoms. The molecule has 0 bridgehead atoms. The van der Waals surface area contributed by atoms with E-state index in [4.69, 9.17) is 4.42 Å². The number of hydrogen-bond acceptors (Lipinski definition) is 6. The molecule has 5 atom stereocenters. The monoisotopic (exact) mass is 479 g/mol. The standard InChI is InChI=1S/C26H29N3O4S/c1-13-12-27-24(34-13)28-21(31)8-3-14-11-20(30)26(2)10-9-16-15-6-7-19-23(29-25(32)33-19)18(15)5-4-17(16)22(14)26/h6-7,12,14,16-17,22H,3-5,8-11H2,1-2H3,(H,29,32)(H,27,28,31)/t14-,16?,17?,22?,26-/m1/s1. The van der Waals surface area contributed by atoms with Crippen molar-refractivity contribution in [3.8, 4) is 0 Å². The predicted molar refractivity (Wildman–Crippen MR) is 130 cm³/mol. The summed E-state index contributed by atoms with van der Waals surface area (Å²) < 4.78 is 5.29. The summed E-state index contributed by atoms with van der Waals surface area (Å²) in [7, 11) is 0. The van der Waals surface area contributed by atoms with Crippen LogP contribution in [0.15, 0.2) is 27.5 Å². The molecule has 0 aliphatic heterocycles. The van der Waals surface area contributed by atoms with E-state index in [1.807, 2.05) is 13.0 Å². The maximum atomic E-state index is 13.2. The largest absolute Gasteiger partial charge is 0.417 e. The molecule has 3 unspecified atom stereocenters. The third-order valence-corrected chi connectivity index (χ3v) is 9.59. The Morgan fingerprint density at radius 3 is 2.97 bits per heavy atom. The van der Waals surface area contributed by atoms with Crippen LogP contribution in [-0.2, 0) is 16.0 Å². The first-order valence-corrected chi connectivity index (χ1v) is 13.1. The molecule has 2 saturated carbocycles. The van der Waals surface area contributed by atoms with Gasteiger partial charge in [0.05, 0.1) is 5.52 Å². The number of oxazole rings is 1. The van der Waals surface area contributed by atoms with Crippen LogP contribution in [-0.4, -0.2) is 21.7 Å². The molecule has 2 heterocycles. The number of benzene rings is 1. The van der Waals surface area contributed by atoms with Gasteiger partial charge in [0.2, 0.25) is 5.91 Å². The van der Waals surface area contributed by atoms with E-state index in [9.17, 15) is 14.4 Å². The molecule has 6 rings (SSSR count). The number of rotatable bonds is 4. The van der Waals surface area contributed by atoms with E-state index < -0.39 is 5.76 Å². The van der Waals surface area contributed by atoms with Crippen LogP contribution in [0.25, 0.3) is 11.1 Å². The Morgan fingerprint density at radius 1 is 1.32 bits per heavy atom. The zero-order valence-corrected chi connectivity index (χ0v) is 20.3. The first kappa shape index (κ1) is 21.8. The second kappa shape index (κ2) is 7.90. The lowest BCUT2D eigenvalue weighted by Gasteiger charge is -2.50. The number of Topliss-reactive ketones (excluding diaryl/α,β-unsaturated/α-hetero) is 1.